The molecule has 1 unspecified atom stereocenters. The van der Waals surface area contributed by atoms with E-state index >= 15 is 0 Å². The van der Waals surface area contributed by atoms with Gasteiger partial charge >= 0.3 is 6.03 Å². The Morgan fingerprint density at radius 1 is 0.914 bits per heavy atom. The van der Waals surface area contributed by atoms with Gasteiger partial charge in [-0.2, -0.15) is 0 Å². The molecule has 8 heteroatoms. The van der Waals surface area contributed by atoms with E-state index in [0.29, 0.717) is 16.3 Å². The van der Waals surface area contributed by atoms with Gasteiger partial charge in [0.25, 0.3) is 0 Å². The van der Waals surface area contributed by atoms with Gasteiger partial charge in [-0.3, -0.25) is 9.73 Å². The first-order valence-corrected chi connectivity index (χ1v) is 13.0. The fraction of sp³-hybridized carbons (Fsp3) is 0.222. The number of urea groups is 1. The zero-order valence-electron chi connectivity index (χ0n) is 19.4. The lowest BCUT2D eigenvalue weighted by molar-refractivity contribution is 0.257. The maximum atomic E-state index is 13.0. The summed E-state index contributed by atoms with van der Waals surface area (Å²) < 4.78 is 15.6. The third-order valence-electron chi connectivity index (χ3n) is 6.61. The molecular formula is C27H29N5O2S. The van der Waals surface area contributed by atoms with Crippen LogP contribution in [-0.4, -0.2) is 10.2 Å². The lowest BCUT2D eigenvalue weighted by Gasteiger charge is -2.17. The van der Waals surface area contributed by atoms with Crippen molar-refractivity contribution >= 4 is 34.1 Å². The lowest BCUT2D eigenvalue weighted by atomic mass is 9.99. The first-order valence-electron chi connectivity index (χ1n) is 11.8. The summed E-state index contributed by atoms with van der Waals surface area (Å²) in [5.74, 6) is 6.19. The minimum absolute atomic E-state index is 0.434. The SMILES string of the molecule is N/C(=C\N(N)c1cccc(S(=O)NC(=O)Nc2c3c(cc4c2CCC4)CCC3)c1)c1ccccc1. The van der Waals surface area contributed by atoms with E-state index in [1.165, 1.54) is 27.3 Å². The Morgan fingerprint density at radius 3 is 2.29 bits per heavy atom. The van der Waals surface area contributed by atoms with Crippen molar-refractivity contribution in [2.75, 3.05) is 10.3 Å². The largest absolute Gasteiger partial charge is 0.397 e. The maximum Gasteiger partial charge on any atom is 0.331 e. The molecule has 2 amide bonds. The number of rotatable bonds is 6. The molecule has 2 aliphatic rings. The van der Waals surface area contributed by atoms with Crippen molar-refractivity contribution in [1.82, 2.24) is 4.72 Å². The van der Waals surface area contributed by atoms with E-state index in [1.807, 2.05) is 30.3 Å². The monoisotopic (exact) mass is 487 g/mol. The molecule has 1 atom stereocenters. The molecule has 3 aromatic rings. The van der Waals surface area contributed by atoms with Crippen LogP contribution in [0.2, 0.25) is 0 Å². The minimum atomic E-state index is -1.76. The molecule has 0 heterocycles. The van der Waals surface area contributed by atoms with Gasteiger partial charge in [0.1, 0.15) is 0 Å². The highest BCUT2D eigenvalue weighted by Crippen LogP contribution is 2.38. The van der Waals surface area contributed by atoms with Crippen molar-refractivity contribution in [2.24, 2.45) is 11.6 Å². The van der Waals surface area contributed by atoms with E-state index < -0.39 is 17.0 Å². The second-order valence-electron chi connectivity index (χ2n) is 8.91. The maximum absolute atomic E-state index is 13.0. The summed E-state index contributed by atoms with van der Waals surface area (Å²) in [6.45, 7) is 0. The second-order valence-corrected chi connectivity index (χ2v) is 10.1. The van der Waals surface area contributed by atoms with Gasteiger partial charge in [-0.25, -0.2) is 14.8 Å². The third kappa shape index (κ3) is 4.94. The smallest absolute Gasteiger partial charge is 0.331 e. The number of aryl methyl sites for hydroxylation is 2. The molecule has 0 bridgehead atoms. The Hall–Kier alpha value is -3.62. The molecule has 35 heavy (non-hydrogen) atoms. The van der Waals surface area contributed by atoms with Crippen LogP contribution in [-0.2, 0) is 36.7 Å². The van der Waals surface area contributed by atoms with Crippen LogP contribution < -0.4 is 26.6 Å². The van der Waals surface area contributed by atoms with E-state index in [-0.39, 0.29) is 0 Å². The predicted molar refractivity (Wildman–Crippen MR) is 141 cm³/mol. The molecule has 6 N–H and O–H groups in total. The summed E-state index contributed by atoms with van der Waals surface area (Å²) >= 11 is 0. The number of fused-ring (bicyclic) bond motifs is 2. The number of benzene rings is 3. The Labute approximate surface area is 207 Å². The highest BCUT2D eigenvalue weighted by molar-refractivity contribution is 7.83. The second kappa shape index (κ2) is 9.93. The molecule has 2 aliphatic carbocycles. The topological polar surface area (TPSA) is 113 Å². The summed E-state index contributed by atoms with van der Waals surface area (Å²) in [6.07, 6.45) is 7.85. The number of hydrogen-bond acceptors (Lipinski definition) is 5. The summed E-state index contributed by atoms with van der Waals surface area (Å²) in [4.78, 5) is 13.3. The summed E-state index contributed by atoms with van der Waals surface area (Å²) in [7, 11) is -1.76. The van der Waals surface area contributed by atoms with E-state index in [9.17, 15) is 9.00 Å². The normalized spacial score (nSPS) is 15.3. The number of anilines is 2. The van der Waals surface area contributed by atoms with Crippen molar-refractivity contribution < 1.29 is 9.00 Å². The van der Waals surface area contributed by atoms with Crippen LogP contribution in [0.1, 0.15) is 40.7 Å². The highest BCUT2D eigenvalue weighted by Gasteiger charge is 2.25. The van der Waals surface area contributed by atoms with Gasteiger partial charge in [0.05, 0.1) is 16.3 Å². The van der Waals surface area contributed by atoms with E-state index in [2.05, 4.69) is 16.1 Å². The van der Waals surface area contributed by atoms with Crippen molar-refractivity contribution in [3.63, 3.8) is 0 Å². The third-order valence-corrected chi connectivity index (χ3v) is 7.66. The fourth-order valence-corrected chi connectivity index (χ4v) is 5.71. The molecule has 3 aromatic carbocycles. The molecule has 0 radical (unpaired) electrons. The van der Waals surface area contributed by atoms with Crippen molar-refractivity contribution in [3.05, 3.63) is 94.7 Å². The summed E-state index contributed by atoms with van der Waals surface area (Å²) in [5.41, 5.74) is 14.2. The van der Waals surface area contributed by atoms with Gasteiger partial charge in [-0.05, 0) is 84.5 Å². The highest BCUT2D eigenvalue weighted by atomic mass is 32.2. The van der Waals surface area contributed by atoms with E-state index in [0.717, 1.165) is 49.8 Å². The molecular weight excluding hydrogens is 458 g/mol. The number of carbonyl (C=O) groups excluding carboxylic acids is 1. The molecule has 0 aromatic heterocycles. The fourth-order valence-electron chi connectivity index (χ4n) is 4.94. The molecule has 0 spiro atoms. The minimum Gasteiger partial charge on any atom is -0.397 e. The van der Waals surface area contributed by atoms with E-state index in [1.54, 1.807) is 30.5 Å². The van der Waals surface area contributed by atoms with Gasteiger partial charge in [0.15, 0.2) is 11.0 Å². The number of nitrogens with one attached hydrogen (secondary N) is 2. The number of carbonyl (C=O) groups is 1. The van der Waals surface area contributed by atoms with Gasteiger partial charge in [-0.1, -0.05) is 42.5 Å². The Bertz CT molecular complexity index is 1290. The van der Waals surface area contributed by atoms with Gasteiger partial charge < -0.3 is 11.1 Å². The van der Waals surface area contributed by atoms with Crippen LogP contribution in [0, 0.1) is 0 Å². The van der Waals surface area contributed by atoms with Gasteiger partial charge in [-0.15, -0.1) is 0 Å². The number of nitrogens with zero attached hydrogens (tertiary/aromatic N) is 1. The van der Waals surface area contributed by atoms with Crippen molar-refractivity contribution in [2.45, 2.75) is 43.4 Å². The van der Waals surface area contributed by atoms with Crippen molar-refractivity contribution in [1.29, 1.82) is 0 Å². The van der Waals surface area contributed by atoms with Crippen LogP contribution in [0.3, 0.4) is 0 Å². The molecule has 5 rings (SSSR count). The first kappa shape index (κ1) is 23.1. The van der Waals surface area contributed by atoms with Crippen LogP contribution in [0.25, 0.3) is 5.70 Å². The van der Waals surface area contributed by atoms with Crippen LogP contribution in [0.4, 0.5) is 16.2 Å². The first-order chi connectivity index (χ1) is 17.0. The van der Waals surface area contributed by atoms with Gasteiger partial charge in [0, 0.05) is 11.9 Å². The number of amides is 2. The average Bonchev–Trinajstić information content (AvgIpc) is 3.54. The standard InChI is InChI=1S/C27H29N5O2S/c28-25(18-7-2-1-3-8-18)17-32(29)21-11-6-12-22(16-21)35(34)31-27(33)30-26-23-13-4-9-19(23)15-20-10-5-14-24(20)26/h1-3,6-8,11-12,15-17H,4-5,9-10,13-14,28-29H2,(H2,30,31,33)/b25-17-. The molecule has 0 aliphatic heterocycles. The predicted octanol–water partition coefficient (Wildman–Crippen LogP) is 4.15. The van der Waals surface area contributed by atoms with Gasteiger partial charge in [0.2, 0.25) is 0 Å². The number of hydrogen-bond donors (Lipinski definition) is 4. The molecule has 0 saturated heterocycles. The number of hydrazine groups is 1. The Balaban J connectivity index is 1.29. The molecule has 7 nitrogen and oxygen atoms in total. The number of nitrogens with two attached hydrogens (primary N) is 2. The van der Waals surface area contributed by atoms with E-state index in [4.69, 9.17) is 11.6 Å². The zero-order chi connectivity index (χ0) is 24.4. The Morgan fingerprint density at radius 2 is 1.60 bits per heavy atom. The zero-order valence-corrected chi connectivity index (χ0v) is 20.2. The summed E-state index contributed by atoms with van der Waals surface area (Å²) in [5, 5.41) is 4.40. The van der Waals surface area contributed by atoms with Crippen LogP contribution in [0.15, 0.2) is 71.8 Å². The van der Waals surface area contributed by atoms with Crippen molar-refractivity contribution in [3.8, 4) is 0 Å². The summed E-state index contributed by atoms with van der Waals surface area (Å²) in [6, 6.07) is 18.2. The Kier molecular flexibility index (Phi) is 6.57. The molecule has 180 valence electrons. The molecule has 0 saturated carbocycles. The average molecular weight is 488 g/mol. The molecule has 0 fully saturated rings. The quantitative estimate of drug-likeness (QED) is 0.308. The van der Waals surface area contributed by atoms with Crippen LogP contribution in [0.5, 0.6) is 0 Å². The van der Waals surface area contributed by atoms with Crippen LogP contribution >= 0.6 is 0 Å². The lowest BCUT2D eigenvalue weighted by Crippen LogP contribution is -2.31.